The predicted octanol–water partition coefficient (Wildman–Crippen LogP) is 1.69. The number of fused-ring (bicyclic) bond motifs is 1. The average Bonchev–Trinajstić information content (AvgIpc) is 2.38. The quantitative estimate of drug-likeness (QED) is 0.632. The van der Waals surface area contributed by atoms with Crippen molar-refractivity contribution in [3.8, 4) is 18.1 Å². The Hall–Kier alpha value is -1.95. The van der Waals surface area contributed by atoms with Gasteiger partial charge in [-0.2, -0.15) is 0 Å². The van der Waals surface area contributed by atoms with Gasteiger partial charge in [-0.1, -0.05) is 18.2 Å². The van der Waals surface area contributed by atoms with Crippen LogP contribution in [0.3, 0.4) is 0 Å². The molecule has 0 fully saturated rings. The monoisotopic (exact) mass is 229 g/mol. The van der Waals surface area contributed by atoms with E-state index in [2.05, 4.69) is 11.2 Å². The van der Waals surface area contributed by atoms with Gasteiger partial charge in [-0.05, 0) is 12.5 Å². The van der Waals surface area contributed by atoms with Gasteiger partial charge in [0.1, 0.15) is 5.75 Å². The van der Waals surface area contributed by atoms with Gasteiger partial charge in [-0.3, -0.25) is 4.79 Å². The molecule has 0 radical (unpaired) electrons. The zero-order chi connectivity index (χ0) is 12.1. The molecule has 1 aliphatic heterocycles. The summed E-state index contributed by atoms with van der Waals surface area (Å²) in [4.78, 5) is 12.0. The van der Waals surface area contributed by atoms with Gasteiger partial charge in [0.25, 0.3) is 0 Å². The second-order valence-electron chi connectivity index (χ2n) is 3.97. The molecule has 0 bridgehead atoms. The van der Waals surface area contributed by atoms with Gasteiger partial charge in [0.05, 0.1) is 12.5 Å². The van der Waals surface area contributed by atoms with Crippen molar-refractivity contribution in [3.05, 3.63) is 29.8 Å². The van der Waals surface area contributed by atoms with Gasteiger partial charge in [-0.15, -0.1) is 12.3 Å². The van der Waals surface area contributed by atoms with Gasteiger partial charge in [-0.25, -0.2) is 0 Å². The second kappa shape index (κ2) is 5.40. The number of ether oxygens (including phenoxy) is 1. The number of amides is 1. The molecule has 0 saturated carbocycles. The molecule has 0 spiro atoms. The molecule has 2 rings (SSSR count). The Labute approximate surface area is 101 Å². The van der Waals surface area contributed by atoms with Crippen LogP contribution in [-0.4, -0.2) is 19.1 Å². The van der Waals surface area contributed by atoms with Gasteiger partial charge in [0, 0.05) is 18.5 Å². The zero-order valence-corrected chi connectivity index (χ0v) is 9.61. The first-order valence-corrected chi connectivity index (χ1v) is 5.76. The smallest absolute Gasteiger partial charge is 0.227 e. The van der Waals surface area contributed by atoms with E-state index in [1.165, 1.54) is 0 Å². The normalized spacial score (nSPS) is 17.5. The predicted molar refractivity (Wildman–Crippen MR) is 65.8 cm³/mol. The number of benzene rings is 1. The van der Waals surface area contributed by atoms with Gasteiger partial charge in [0.15, 0.2) is 0 Å². The fraction of sp³-hybridized carbons (Fsp3) is 0.357. The third-order valence-electron chi connectivity index (χ3n) is 2.84. The van der Waals surface area contributed by atoms with E-state index >= 15 is 0 Å². The van der Waals surface area contributed by atoms with Crippen LogP contribution in [0.2, 0.25) is 0 Å². The SMILES string of the molecule is C#CCCNC(=O)C1CCOc2ccccc21. The van der Waals surface area contributed by atoms with Crippen molar-refractivity contribution in [1.82, 2.24) is 5.32 Å². The minimum absolute atomic E-state index is 0.0380. The van der Waals surface area contributed by atoms with Crippen LogP contribution < -0.4 is 10.1 Å². The number of para-hydroxylation sites is 1. The minimum Gasteiger partial charge on any atom is -0.493 e. The molecule has 3 nitrogen and oxygen atoms in total. The molecular weight excluding hydrogens is 214 g/mol. The summed E-state index contributed by atoms with van der Waals surface area (Å²) in [6.07, 6.45) is 6.44. The molecule has 1 aromatic carbocycles. The van der Waals surface area contributed by atoms with E-state index in [0.29, 0.717) is 19.6 Å². The van der Waals surface area contributed by atoms with E-state index in [9.17, 15) is 4.79 Å². The highest BCUT2D eigenvalue weighted by Gasteiger charge is 2.26. The molecule has 1 N–H and O–H groups in total. The van der Waals surface area contributed by atoms with Crippen molar-refractivity contribution in [2.24, 2.45) is 0 Å². The highest BCUT2D eigenvalue weighted by atomic mass is 16.5. The lowest BCUT2D eigenvalue weighted by Gasteiger charge is -2.24. The highest BCUT2D eigenvalue weighted by molar-refractivity contribution is 5.84. The molecule has 1 atom stereocenters. The first-order valence-electron chi connectivity index (χ1n) is 5.76. The van der Waals surface area contributed by atoms with E-state index in [1.807, 2.05) is 24.3 Å². The molecule has 88 valence electrons. The average molecular weight is 229 g/mol. The molecule has 0 aromatic heterocycles. The van der Waals surface area contributed by atoms with Crippen LogP contribution in [0.4, 0.5) is 0 Å². The molecule has 1 amide bonds. The molecular formula is C14H15NO2. The van der Waals surface area contributed by atoms with Crippen molar-refractivity contribution >= 4 is 5.91 Å². The molecule has 17 heavy (non-hydrogen) atoms. The third kappa shape index (κ3) is 2.59. The second-order valence-corrected chi connectivity index (χ2v) is 3.97. The summed E-state index contributed by atoms with van der Waals surface area (Å²) >= 11 is 0. The molecule has 1 aromatic rings. The largest absolute Gasteiger partial charge is 0.493 e. The number of carbonyl (C=O) groups excluding carboxylic acids is 1. The molecule has 3 heteroatoms. The van der Waals surface area contributed by atoms with Crippen LogP contribution in [0.15, 0.2) is 24.3 Å². The van der Waals surface area contributed by atoms with Crippen LogP contribution >= 0.6 is 0 Å². The zero-order valence-electron chi connectivity index (χ0n) is 9.61. The van der Waals surface area contributed by atoms with Crippen LogP contribution in [0.25, 0.3) is 0 Å². The molecule has 0 aliphatic carbocycles. The summed E-state index contributed by atoms with van der Waals surface area (Å²) < 4.78 is 5.52. The minimum atomic E-state index is -0.113. The van der Waals surface area contributed by atoms with Crippen LogP contribution in [0, 0.1) is 12.3 Å². The van der Waals surface area contributed by atoms with Gasteiger partial charge >= 0.3 is 0 Å². The number of rotatable bonds is 3. The summed E-state index contributed by atoms with van der Waals surface area (Å²) in [5, 5.41) is 2.86. The Balaban J connectivity index is 2.08. The summed E-state index contributed by atoms with van der Waals surface area (Å²) in [5.74, 6) is 3.25. The Morgan fingerprint density at radius 3 is 3.18 bits per heavy atom. The fourth-order valence-corrected chi connectivity index (χ4v) is 2.00. The van der Waals surface area contributed by atoms with Crippen molar-refractivity contribution in [2.75, 3.05) is 13.2 Å². The van der Waals surface area contributed by atoms with Crippen LogP contribution in [-0.2, 0) is 4.79 Å². The molecule has 1 unspecified atom stereocenters. The van der Waals surface area contributed by atoms with Crippen molar-refractivity contribution in [3.63, 3.8) is 0 Å². The highest BCUT2D eigenvalue weighted by Crippen LogP contribution is 2.33. The summed E-state index contributed by atoms with van der Waals surface area (Å²) in [7, 11) is 0. The lowest BCUT2D eigenvalue weighted by atomic mass is 9.92. The number of nitrogens with one attached hydrogen (secondary N) is 1. The maximum absolute atomic E-state index is 12.0. The maximum Gasteiger partial charge on any atom is 0.227 e. The van der Waals surface area contributed by atoms with Crippen molar-refractivity contribution in [2.45, 2.75) is 18.8 Å². The Morgan fingerprint density at radius 2 is 2.35 bits per heavy atom. The number of carbonyl (C=O) groups is 1. The standard InChI is InChI=1S/C14H15NO2/c1-2-3-9-15-14(16)12-8-10-17-13-7-5-4-6-11(12)13/h1,4-7,12H,3,8-10H2,(H,15,16). The summed E-state index contributed by atoms with van der Waals surface area (Å²) in [6, 6.07) is 7.68. The number of terminal acetylenes is 1. The van der Waals surface area contributed by atoms with Crippen molar-refractivity contribution in [1.29, 1.82) is 0 Å². The maximum atomic E-state index is 12.0. The fourth-order valence-electron chi connectivity index (χ4n) is 2.00. The van der Waals surface area contributed by atoms with E-state index < -0.39 is 0 Å². The molecule has 1 heterocycles. The Bertz CT molecular complexity index is 448. The van der Waals surface area contributed by atoms with E-state index in [-0.39, 0.29) is 11.8 Å². The van der Waals surface area contributed by atoms with Crippen LogP contribution in [0.1, 0.15) is 24.3 Å². The summed E-state index contributed by atoms with van der Waals surface area (Å²) in [6.45, 7) is 1.12. The molecule has 0 saturated heterocycles. The number of hydrogen-bond donors (Lipinski definition) is 1. The lowest BCUT2D eigenvalue weighted by molar-refractivity contribution is -0.123. The van der Waals surface area contributed by atoms with Gasteiger partial charge < -0.3 is 10.1 Å². The molecule has 1 aliphatic rings. The van der Waals surface area contributed by atoms with E-state index in [4.69, 9.17) is 11.2 Å². The Morgan fingerprint density at radius 1 is 1.53 bits per heavy atom. The van der Waals surface area contributed by atoms with Gasteiger partial charge in [0.2, 0.25) is 5.91 Å². The lowest BCUT2D eigenvalue weighted by Crippen LogP contribution is -2.32. The van der Waals surface area contributed by atoms with E-state index in [1.54, 1.807) is 0 Å². The summed E-state index contributed by atoms with van der Waals surface area (Å²) in [5.41, 5.74) is 0.969. The third-order valence-corrected chi connectivity index (χ3v) is 2.84. The van der Waals surface area contributed by atoms with Crippen LogP contribution in [0.5, 0.6) is 5.75 Å². The first-order chi connectivity index (χ1) is 8.33. The number of hydrogen-bond acceptors (Lipinski definition) is 2. The van der Waals surface area contributed by atoms with Crippen molar-refractivity contribution < 1.29 is 9.53 Å². The first kappa shape index (κ1) is 11.5. The Kier molecular flexibility index (Phi) is 3.66. The van der Waals surface area contributed by atoms with E-state index in [0.717, 1.165) is 17.7 Å². The topological polar surface area (TPSA) is 38.3 Å².